The van der Waals surface area contributed by atoms with Crippen molar-refractivity contribution in [3.8, 4) is 0 Å². The fourth-order valence-corrected chi connectivity index (χ4v) is 3.14. The first-order chi connectivity index (χ1) is 12.3. The summed E-state index contributed by atoms with van der Waals surface area (Å²) in [6.07, 6.45) is 0.323. The molecular weight excluding hydrogens is 337 g/mol. The molecule has 2 rings (SSSR count). The smallest absolute Gasteiger partial charge is 0.326 e. The Morgan fingerprint density at radius 3 is 2.38 bits per heavy atom. The number of halogens is 1. The van der Waals surface area contributed by atoms with Crippen LogP contribution in [0.15, 0.2) is 18.2 Å². The second kappa shape index (κ2) is 8.98. The molecule has 1 heterocycles. The van der Waals surface area contributed by atoms with Crippen LogP contribution < -0.4 is 10.2 Å². The van der Waals surface area contributed by atoms with Gasteiger partial charge in [0.1, 0.15) is 11.9 Å². The highest BCUT2D eigenvalue weighted by atomic mass is 19.1. The third-order valence-electron chi connectivity index (χ3n) is 4.68. The molecule has 0 unspecified atom stereocenters. The minimum Gasteiger partial charge on any atom is -0.480 e. The Morgan fingerprint density at radius 1 is 1.23 bits per heavy atom. The number of aliphatic carboxylic acids is 1. The number of nitrogens with one attached hydrogen (secondary N) is 1. The van der Waals surface area contributed by atoms with Gasteiger partial charge in [-0.25, -0.2) is 9.18 Å². The van der Waals surface area contributed by atoms with Crippen LogP contribution >= 0.6 is 0 Å². The molecule has 1 aromatic carbocycles. The van der Waals surface area contributed by atoms with Gasteiger partial charge in [0.25, 0.3) is 5.91 Å². The highest BCUT2D eigenvalue weighted by Gasteiger charge is 2.23. The van der Waals surface area contributed by atoms with Crippen LogP contribution in [-0.2, 0) is 4.79 Å². The second-order valence-corrected chi connectivity index (χ2v) is 7.08. The van der Waals surface area contributed by atoms with Crippen LogP contribution in [0, 0.1) is 11.7 Å². The summed E-state index contributed by atoms with van der Waals surface area (Å²) in [5, 5.41) is 11.7. The number of likely N-dealkylation sites (N-methyl/N-ethyl adjacent to an activating group) is 1. The van der Waals surface area contributed by atoms with E-state index < -0.39 is 23.7 Å². The van der Waals surface area contributed by atoms with Crippen molar-refractivity contribution >= 4 is 17.6 Å². The van der Waals surface area contributed by atoms with E-state index in [9.17, 15) is 19.1 Å². The fourth-order valence-electron chi connectivity index (χ4n) is 3.14. The molecule has 26 heavy (non-hydrogen) atoms. The summed E-state index contributed by atoms with van der Waals surface area (Å²) in [6.45, 7) is 10.1. The van der Waals surface area contributed by atoms with E-state index in [2.05, 4.69) is 17.1 Å². The van der Waals surface area contributed by atoms with E-state index in [1.807, 2.05) is 18.7 Å². The number of anilines is 1. The largest absolute Gasteiger partial charge is 0.480 e. The average molecular weight is 365 g/mol. The predicted molar refractivity (Wildman–Crippen MR) is 99.1 cm³/mol. The van der Waals surface area contributed by atoms with Crippen LogP contribution in [-0.4, -0.2) is 60.6 Å². The van der Waals surface area contributed by atoms with Crippen molar-refractivity contribution in [2.45, 2.75) is 33.2 Å². The summed E-state index contributed by atoms with van der Waals surface area (Å²) in [5.41, 5.74) is 0.614. The number of hydrogen-bond acceptors (Lipinski definition) is 4. The first-order valence-corrected chi connectivity index (χ1v) is 9.12. The predicted octanol–water partition coefficient (Wildman–Crippen LogP) is 2.20. The Labute approximate surface area is 154 Å². The SMILES string of the molecule is CCN1CCN(c2ccc(C(=O)N[C@H](CC(C)C)C(=O)O)cc2F)CC1. The first-order valence-electron chi connectivity index (χ1n) is 9.12. The average Bonchev–Trinajstić information content (AvgIpc) is 2.60. The van der Waals surface area contributed by atoms with Crippen molar-refractivity contribution in [3.63, 3.8) is 0 Å². The van der Waals surface area contributed by atoms with Gasteiger partial charge in [-0.2, -0.15) is 0 Å². The normalized spacial score (nSPS) is 16.6. The zero-order valence-corrected chi connectivity index (χ0v) is 15.7. The van der Waals surface area contributed by atoms with Crippen LogP contribution in [0.5, 0.6) is 0 Å². The van der Waals surface area contributed by atoms with E-state index in [1.54, 1.807) is 12.1 Å². The molecule has 144 valence electrons. The van der Waals surface area contributed by atoms with Gasteiger partial charge in [-0.3, -0.25) is 4.79 Å². The van der Waals surface area contributed by atoms with Gasteiger partial charge in [0.05, 0.1) is 5.69 Å². The summed E-state index contributed by atoms with van der Waals surface area (Å²) < 4.78 is 14.5. The summed E-state index contributed by atoms with van der Waals surface area (Å²) >= 11 is 0. The molecule has 1 aromatic rings. The molecule has 0 spiro atoms. The fraction of sp³-hybridized carbons (Fsp3) is 0.579. The van der Waals surface area contributed by atoms with Gasteiger partial charge in [-0.15, -0.1) is 0 Å². The molecule has 0 aromatic heterocycles. The van der Waals surface area contributed by atoms with Gasteiger partial charge in [0.15, 0.2) is 0 Å². The quantitative estimate of drug-likeness (QED) is 0.775. The zero-order chi connectivity index (χ0) is 19.3. The second-order valence-electron chi connectivity index (χ2n) is 7.08. The molecule has 0 bridgehead atoms. The summed E-state index contributed by atoms with van der Waals surface area (Å²) in [4.78, 5) is 27.9. The maximum atomic E-state index is 14.5. The molecule has 0 aliphatic carbocycles. The monoisotopic (exact) mass is 365 g/mol. The van der Waals surface area contributed by atoms with Crippen molar-refractivity contribution < 1.29 is 19.1 Å². The van der Waals surface area contributed by atoms with Crippen molar-refractivity contribution in [3.05, 3.63) is 29.6 Å². The minimum absolute atomic E-state index is 0.122. The third kappa shape index (κ3) is 5.17. The lowest BCUT2D eigenvalue weighted by Gasteiger charge is -2.35. The number of rotatable bonds is 7. The number of carbonyl (C=O) groups excluding carboxylic acids is 1. The summed E-state index contributed by atoms with van der Waals surface area (Å²) in [7, 11) is 0. The Balaban J connectivity index is 2.06. The number of benzene rings is 1. The molecule has 2 N–H and O–H groups in total. The third-order valence-corrected chi connectivity index (χ3v) is 4.68. The number of amides is 1. The van der Waals surface area contributed by atoms with E-state index in [-0.39, 0.29) is 11.5 Å². The highest BCUT2D eigenvalue weighted by molar-refractivity contribution is 5.96. The van der Waals surface area contributed by atoms with E-state index in [1.165, 1.54) is 6.07 Å². The summed E-state index contributed by atoms with van der Waals surface area (Å²) in [5.74, 6) is -1.99. The molecule has 0 saturated carbocycles. The molecule has 1 fully saturated rings. The summed E-state index contributed by atoms with van der Waals surface area (Å²) in [6, 6.07) is 3.36. The van der Waals surface area contributed by atoms with Crippen LogP contribution in [0.2, 0.25) is 0 Å². The molecule has 1 aliphatic rings. The Hall–Kier alpha value is -2.15. The lowest BCUT2D eigenvalue weighted by molar-refractivity contribution is -0.139. The van der Waals surface area contributed by atoms with Crippen molar-refractivity contribution in [2.24, 2.45) is 5.92 Å². The molecule has 6 nitrogen and oxygen atoms in total. The van der Waals surface area contributed by atoms with Crippen molar-refractivity contribution in [1.29, 1.82) is 0 Å². The van der Waals surface area contributed by atoms with Crippen molar-refractivity contribution in [2.75, 3.05) is 37.6 Å². The van der Waals surface area contributed by atoms with Gasteiger partial charge in [0, 0.05) is 31.7 Å². The van der Waals surface area contributed by atoms with E-state index in [4.69, 9.17) is 0 Å². The molecule has 1 amide bonds. The maximum Gasteiger partial charge on any atom is 0.326 e. The molecule has 1 saturated heterocycles. The van der Waals surface area contributed by atoms with Gasteiger partial charge in [-0.1, -0.05) is 20.8 Å². The molecule has 7 heteroatoms. The number of nitrogens with zero attached hydrogens (tertiary/aromatic N) is 2. The highest BCUT2D eigenvalue weighted by Crippen LogP contribution is 2.22. The number of carboxylic acids is 1. The molecular formula is C19H28FN3O3. The van der Waals surface area contributed by atoms with Crippen LogP contribution in [0.4, 0.5) is 10.1 Å². The molecule has 1 atom stereocenters. The van der Waals surface area contributed by atoms with Crippen molar-refractivity contribution in [1.82, 2.24) is 10.2 Å². The lowest BCUT2D eigenvalue weighted by Crippen LogP contribution is -2.46. The lowest BCUT2D eigenvalue weighted by atomic mass is 10.0. The molecule has 1 aliphatic heterocycles. The molecule has 0 radical (unpaired) electrons. The van der Waals surface area contributed by atoms with Gasteiger partial charge in [0.2, 0.25) is 0 Å². The Kier molecular flexibility index (Phi) is 6.97. The topological polar surface area (TPSA) is 72.9 Å². The van der Waals surface area contributed by atoms with Crippen LogP contribution in [0.25, 0.3) is 0 Å². The van der Waals surface area contributed by atoms with Crippen LogP contribution in [0.3, 0.4) is 0 Å². The first kappa shape index (κ1) is 20.2. The number of carbonyl (C=O) groups is 2. The van der Waals surface area contributed by atoms with Gasteiger partial charge < -0.3 is 20.2 Å². The van der Waals surface area contributed by atoms with Gasteiger partial charge in [-0.05, 0) is 37.1 Å². The van der Waals surface area contributed by atoms with E-state index in [0.717, 1.165) is 32.7 Å². The zero-order valence-electron chi connectivity index (χ0n) is 15.7. The Morgan fingerprint density at radius 2 is 1.88 bits per heavy atom. The van der Waals surface area contributed by atoms with Gasteiger partial charge >= 0.3 is 5.97 Å². The number of piperazine rings is 1. The number of hydrogen-bond donors (Lipinski definition) is 2. The van der Waals surface area contributed by atoms with Crippen LogP contribution in [0.1, 0.15) is 37.6 Å². The van der Waals surface area contributed by atoms with E-state index >= 15 is 0 Å². The number of carboxylic acid groups (broad SMARTS) is 1. The van der Waals surface area contributed by atoms with E-state index in [0.29, 0.717) is 12.1 Å². The Bertz CT molecular complexity index is 643. The minimum atomic E-state index is -1.09. The maximum absolute atomic E-state index is 14.5. The standard InChI is InChI=1S/C19H28FN3O3/c1-4-22-7-9-23(10-8-22)17-6-5-14(12-15(17)20)18(24)21-16(19(25)26)11-13(2)3/h5-6,12-13,16H,4,7-11H2,1-3H3,(H,21,24)(H,25,26)/t16-/m1/s1.